The van der Waals surface area contributed by atoms with Crippen molar-refractivity contribution < 1.29 is 14.6 Å². The zero-order valence-corrected chi connectivity index (χ0v) is 9.16. The summed E-state index contributed by atoms with van der Waals surface area (Å²) in [6, 6.07) is 0.0469. The van der Waals surface area contributed by atoms with Crippen molar-refractivity contribution in [3.8, 4) is 0 Å². The van der Waals surface area contributed by atoms with Crippen LogP contribution in [0.25, 0.3) is 0 Å². The molecular formula is C10H20N2O3. The van der Waals surface area contributed by atoms with Crippen molar-refractivity contribution in [2.75, 3.05) is 19.8 Å². The Bertz CT molecular complexity index is 215. The largest absolute Gasteiger partial charge is 0.396 e. The maximum absolute atomic E-state index is 11.8. The van der Waals surface area contributed by atoms with Gasteiger partial charge in [0.2, 0.25) is 5.91 Å². The fraction of sp³-hybridized carbons (Fsp3) is 0.900. The van der Waals surface area contributed by atoms with Crippen molar-refractivity contribution in [1.29, 1.82) is 0 Å². The first-order valence-electron chi connectivity index (χ1n) is 5.37. The molecule has 0 bridgehead atoms. The van der Waals surface area contributed by atoms with Gasteiger partial charge in [-0.2, -0.15) is 0 Å². The quantitative estimate of drug-likeness (QED) is 0.572. The summed E-state index contributed by atoms with van der Waals surface area (Å²) < 4.78 is 5.12. The zero-order chi connectivity index (χ0) is 11.3. The summed E-state index contributed by atoms with van der Waals surface area (Å²) in [6.45, 7) is 2.91. The van der Waals surface area contributed by atoms with Gasteiger partial charge in [0.1, 0.15) is 5.54 Å². The minimum Gasteiger partial charge on any atom is -0.396 e. The highest BCUT2D eigenvalue weighted by molar-refractivity contribution is 5.86. The van der Waals surface area contributed by atoms with Crippen LogP contribution in [0.4, 0.5) is 0 Å². The molecule has 0 aromatic heterocycles. The van der Waals surface area contributed by atoms with Gasteiger partial charge >= 0.3 is 0 Å². The predicted octanol–water partition coefficient (Wildman–Crippen LogP) is -0.619. The van der Waals surface area contributed by atoms with Crippen molar-refractivity contribution in [1.82, 2.24) is 5.32 Å². The van der Waals surface area contributed by atoms with E-state index >= 15 is 0 Å². The van der Waals surface area contributed by atoms with Gasteiger partial charge in [0.15, 0.2) is 0 Å². The van der Waals surface area contributed by atoms with E-state index in [4.69, 9.17) is 15.6 Å². The van der Waals surface area contributed by atoms with Crippen LogP contribution in [0.2, 0.25) is 0 Å². The molecule has 1 saturated heterocycles. The summed E-state index contributed by atoms with van der Waals surface area (Å²) >= 11 is 0. The minimum atomic E-state index is -0.854. The highest BCUT2D eigenvalue weighted by atomic mass is 16.5. The van der Waals surface area contributed by atoms with Gasteiger partial charge in [0.05, 0.1) is 6.61 Å². The van der Waals surface area contributed by atoms with Gasteiger partial charge in [-0.25, -0.2) is 0 Å². The van der Waals surface area contributed by atoms with E-state index in [0.29, 0.717) is 26.1 Å². The SMILES string of the molecule is CC(CCCO)NC(=O)C1(N)CCOC1. The molecule has 0 saturated carbocycles. The number of nitrogens with two attached hydrogens (primary N) is 1. The van der Waals surface area contributed by atoms with Crippen LogP contribution in [0, 0.1) is 0 Å². The molecule has 0 aromatic carbocycles. The number of aliphatic hydroxyl groups is 1. The van der Waals surface area contributed by atoms with Crippen LogP contribution in [0.1, 0.15) is 26.2 Å². The third-order valence-corrected chi connectivity index (χ3v) is 2.68. The molecule has 1 aliphatic rings. The van der Waals surface area contributed by atoms with Crippen LogP contribution >= 0.6 is 0 Å². The lowest BCUT2D eigenvalue weighted by Crippen LogP contribution is -2.56. The maximum Gasteiger partial charge on any atom is 0.242 e. The molecule has 4 N–H and O–H groups in total. The molecule has 5 heteroatoms. The summed E-state index contributed by atoms with van der Waals surface area (Å²) in [4.78, 5) is 11.8. The van der Waals surface area contributed by atoms with Crippen molar-refractivity contribution >= 4 is 5.91 Å². The lowest BCUT2D eigenvalue weighted by atomic mass is 9.98. The van der Waals surface area contributed by atoms with E-state index in [1.807, 2.05) is 6.92 Å². The molecule has 0 aromatic rings. The predicted molar refractivity (Wildman–Crippen MR) is 56.3 cm³/mol. The Morgan fingerprint density at radius 1 is 1.73 bits per heavy atom. The first kappa shape index (κ1) is 12.4. The van der Waals surface area contributed by atoms with Crippen LogP contribution in [0.3, 0.4) is 0 Å². The average molecular weight is 216 g/mol. The molecule has 0 spiro atoms. The first-order valence-corrected chi connectivity index (χ1v) is 5.37. The Morgan fingerprint density at radius 2 is 2.47 bits per heavy atom. The number of carbonyl (C=O) groups is 1. The lowest BCUT2D eigenvalue weighted by Gasteiger charge is -2.23. The molecule has 1 rings (SSSR count). The van der Waals surface area contributed by atoms with E-state index in [1.165, 1.54) is 0 Å². The van der Waals surface area contributed by atoms with E-state index in [1.54, 1.807) is 0 Å². The molecular weight excluding hydrogens is 196 g/mol. The van der Waals surface area contributed by atoms with Gasteiger partial charge in [-0.1, -0.05) is 0 Å². The van der Waals surface area contributed by atoms with Crippen molar-refractivity contribution in [2.45, 2.75) is 37.8 Å². The Kier molecular flexibility index (Phi) is 4.50. The van der Waals surface area contributed by atoms with E-state index in [2.05, 4.69) is 5.32 Å². The molecule has 2 unspecified atom stereocenters. The Labute approximate surface area is 90.0 Å². The molecule has 0 radical (unpaired) electrons. The molecule has 1 heterocycles. The number of carbonyl (C=O) groups excluding carboxylic acids is 1. The molecule has 15 heavy (non-hydrogen) atoms. The summed E-state index contributed by atoms with van der Waals surface area (Å²) in [5, 5.41) is 11.5. The van der Waals surface area contributed by atoms with Gasteiger partial charge in [-0.3, -0.25) is 4.79 Å². The van der Waals surface area contributed by atoms with E-state index in [-0.39, 0.29) is 18.6 Å². The van der Waals surface area contributed by atoms with Crippen LogP contribution in [-0.4, -0.2) is 42.4 Å². The van der Waals surface area contributed by atoms with Crippen LogP contribution in [-0.2, 0) is 9.53 Å². The molecule has 1 fully saturated rings. The van der Waals surface area contributed by atoms with Gasteiger partial charge in [0.25, 0.3) is 0 Å². The van der Waals surface area contributed by atoms with Crippen LogP contribution in [0.5, 0.6) is 0 Å². The van der Waals surface area contributed by atoms with Crippen LogP contribution < -0.4 is 11.1 Å². The molecule has 2 atom stereocenters. The van der Waals surface area contributed by atoms with Crippen LogP contribution in [0.15, 0.2) is 0 Å². The summed E-state index contributed by atoms with van der Waals surface area (Å²) in [5.41, 5.74) is 5.04. The van der Waals surface area contributed by atoms with Gasteiger partial charge in [0, 0.05) is 19.3 Å². The second kappa shape index (κ2) is 5.44. The smallest absolute Gasteiger partial charge is 0.242 e. The standard InChI is InChI=1S/C10H20N2O3/c1-8(3-2-5-13)12-9(14)10(11)4-6-15-7-10/h8,13H,2-7,11H2,1H3,(H,12,14). The number of hydrogen-bond acceptors (Lipinski definition) is 4. The average Bonchev–Trinajstić information content (AvgIpc) is 2.63. The molecule has 1 amide bonds. The Hall–Kier alpha value is -0.650. The lowest BCUT2D eigenvalue weighted by molar-refractivity contribution is -0.127. The number of aliphatic hydroxyl groups excluding tert-OH is 1. The van der Waals surface area contributed by atoms with Crippen molar-refractivity contribution in [2.24, 2.45) is 5.73 Å². The molecule has 1 aliphatic heterocycles. The highest BCUT2D eigenvalue weighted by Crippen LogP contribution is 2.15. The zero-order valence-electron chi connectivity index (χ0n) is 9.16. The monoisotopic (exact) mass is 216 g/mol. The number of nitrogens with one attached hydrogen (secondary N) is 1. The first-order chi connectivity index (χ1) is 7.08. The Morgan fingerprint density at radius 3 is 3.00 bits per heavy atom. The summed E-state index contributed by atoms with van der Waals surface area (Å²) in [7, 11) is 0. The second-order valence-corrected chi connectivity index (χ2v) is 4.20. The van der Waals surface area contributed by atoms with Gasteiger partial charge < -0.3 is 20.9 Å². The van der Waals surface area contributed by atoms with Gasteiger partial charge in [-0.05, 0) is 26.2 Å². The number of ether oxygens (including phenoxy) is 1. The minimum absolute atomic E-state index is 0.0469. The van der Waals surface area contributed by atoms with E-state index < -0.39 is 5.54 Å². The summed E-state index contributed by atoms with van der Waals surface area (Å²) in [6.07, 6.45) is 2.03. The fourth-order valence-corrected chi connectivity index (χ4v) is 1.60. The topological polar surface area (TPSA) is 84.6 Å². The number of hydrogen-bond donors (Lipinski definition) is 3. The normalized spacial score (nSPS) is 27.7. The third kappa shape index (κ3) is 3.44. The maximum atomic E-state index is 11.8. The van der Waals surface area contributed by atoms with Crippen molar-refractivity contribution in [3.63, 3.8) is 0 Å². The van der Waals surface area contributed by atoms with E-state index in [9.17, 15) is 4.79 Å². The fourth-order valence-electron chi connectivity index (χ4n) is 1.60. The van der Waals surface area contributed by atoms with E-state index in [0.717, 1.165) is 6.42 Å². The van der Waals surface area contributed by atoms with Crippen molar-refractivity contribution in [3.05, 3.63) is 0 Å². The Balaban J connectivity index is 2.34. The molecule has 88 valence electrons. The number of amides is 1. The van der Waals surface area contributed by atoms with Gasteiger partial charge in [-0.15, -0.1) is 0 Å². The molecule has 5 nitrogen and oxygen atoms in total. The molecule has 0 aliphatic carbocycles. The second-order valence-electron chi connectivity index (χ2n) is 4.20. The number of rotatable bonds is 5. The highest BCUT2D eigenvalue weighted by Gasteiger charge is 2.38. The summed E-state index contributed by atoms with van der Waals surface area (Å²) in [5.74, 6) is -0.148. The third-order valence-electron chi connectivity index (χ3n) is 2.68.